The summed E-state index contributed by atoms with van der Waals surface area (Å²) in [5.41, 5.74) is 0.190. The Morgan fingerprint density at radius 3 is 2.61 bits per heavy atom. The minimum atomic E-state index is -0.925. The quantitative estimate of drug-likeness (QED) is 0.897. The first-order chi connectivity index (χ1) is 10.8. The molecule has 0 spiro atoms. The number of carbonyl (C=O) groups is 2. The lowest BCUT2D eigenvalue weighted by molar-refractivity contribution is -0.153. The van der Waals surface area contributed by atoms with Crippen molar-refractivity contribution in [3.05, 3.63) is 29.6 Å². The van der Waals surface area contributed by atoms with Crippen LogP contribution in [0.3, 0.4) is 0 Å². The number of hydrogen-bond acceptors (Lipinski definition) is 3. The van der Waals surface area contributed by atoms with Gasteiger partial charge in [-0.1, -0.05) is 6.07 Å². The van der Waals surface area contributed by atoms with Gasteiger partial charge in [0.05, 0.1) is 17.9 Å². The highest BCUT2D eigenvalue weighted by Crippen LogP contribution is 2.41. The van der Waals surface area contributed by atoms with Crippen LogP contribution < -0.4 is 10.1 Å². The van der Waals surface area contributed by atoms with Crippen molar-refractivity contribution < 1.29 is 23.8 Å². The fourth-order valence-electron chi connectivity index (χ4n) is 3.34. The van der Waals surface area contributed by atoms with Gasteiger partial charge in [0.15, 0.2) is 0 Å². The number of amides is 1. The summed E-state index contributed by atoms with van der Waals surface area (Å²) in [6.45, 7) is 3.76. The van der Waals surface area contributed by atoms with E-state index in [9.17, 15) is 14.0 Å². The van der Waals surface area contributed by atoms with Gasteiger partial charge in [0, 0.05) is 18.1 Å². The highest BCUT2D eigenvalue weighted by Gasteiger charge is 2.43. The fourth-order valence-corrected chi connectivity index (χ4v) is 3.34. The van der Waals surface area contributed by atoms with Crippen LogP contribution in [0.4, 0.5) is 4.39 Å². The molecule has 0 saturated heterocycles. The zero-order valence-corrected chi connectivity index (χ0v) is 13.1. The third-order valence-corrected chi connectivity index (χ3v) is 4.68. The number of ether oxygens (including phenoxy) is 1. The highest BCUT2D eigenvalue weighted by molar-refractivity contribution is 5.86. The maximum atomic E-state index is 13.4. The van der Waals surface area contributed by atoms with Crippen LogP contribution in [-0.4, -0.2) is 22.6 Å². The van der Waals surface area contributed by atoms with Crippen molar-refractivity contribution in [3.63, 3.8) is 0 Å². The standard InChI is InChI=1S/C17H20FNO4/c1-17(2)8-13(12-4-3-9(18)7-14(12)23-17)19-15(20)10-5-6-11(10)16(21)22/h3-4,7,10-11,13H,5-6,8H2,1-2H3,(H,19,20)(H,21,22). The van der Waals surface area contributed by atoms with Crippen LogP contribution in [0.1, 0.15) is 44.7 Å². The lowest BCUT2D eigenvalue weighted by Crippen LogP contribution is -2.47. The average molecular weight is 321 g/mol. The largest absolute Gasteiger partial charge is 0.487 e. The van der Waals surface area contributed by atoms with Gasteiger partial charge in [0.1, 0.15) is 17.2 Å². The zero-order chi connectivity index (χ0) is 16.8. The fraction of sp³-hybridized carbons (Fsp3) is 0.529. The number of rotatable bonds is 3. The van der Waals surface area contributed by atoms with Crippen molar-refractivity contribution in [3.8, 4) is 5.75 Å². The number of hydrogen-bond donors (Lipinski definition) is 2. The van der Waals surface area contributed by atoms with E-state index in [1.54, 1.807) is 6.07 Å². The van der Waals surface area contributed by atoms with Crippen LogP contribution in [0.5, 0.6) is 5.75 Å². The normalized spacial score (nSPS) is 28.0. The second-order valence-electron chi connectivity index (χ2n) is 6.94. The topological polar surface area (TPSA) is 75.6 Å². The number of carboxylic acid groups (broad SMARTS) is 1. The van der Waals surface area contributed by atoms with Gasteiger partial charge >= 0.3 is 5.97 Å². The molecule has 3 rings (SSSR count). The van der Waals surface area contributed by atoms with Crippen molar-refractivity contribution in [2.75, 3.05) is 0 Å². The number of fused-ring (bicyclic) bond motifs is 1. The summed E-state index contributed by atoms with van der Waals surface area (Å²) < 4.78 is 19.2. The van der Waals surface area contributed by atoms with Gasteiger partial charge in [0.25, 0.3) is 0 Å². The number of aliphatic carboxylic acids is 1. The third-order valence-electron chi connectivity index (χ3n) is 4.68. The van der Waals surface area contributed by atoms with Gasteiger partial charge in [-0.3, -0.25) is 9.59 Å². The first kappa shape index (κ1) is 15.8. The van der Waals surface area contributed by atoms with Crippen molar-refractivity contribution in [2.45, 2.75) is 44.8 Å². The molecule has 1 fully saturated rings. The van der Waals surface area contributed by atoms with E-state index in [1.807, 2.05) is 13.8 Å². The molecule has 1 heterocycles. The summed E-state index contributed by atoms with van der Waals surface area (Å²) in [6, 6.07) is 3.96. The second-order valence-corrected chi connectivity index (χ2v) is 6.94. The molecule has 1 amide bonds. The molecule has 0 radical (unpaired) electrons. The molecule has 23 heavy (non-hydrogen) atoms. The Balaban J connectivity index is 1.80. The van der Waals surface area contributed by atoms with Crippen molar-refractivity contribution >= 4 is 11.9 Å². The third kappa shape index (κ3) is 3.02. The number of benzene rings is 1. The molecule has 2 N–H and O–H groups in total. The molecular weight excluding hydrogens is 301 g/mol. The monoisotopic (exact) mass is 321 g/mol. The summed E-state index contributed by atoms with van der Waals surface area (Å²) in [5.74, 6) is -2.22. The van der Waals surface area contributed by atoms with Crippen molar-refractivity contribution in [2.24, 2.45) is 11.8 Å². The Morgan fingerprint density at radius 2 is 2.00 bits per heavy atom. The summed E-state index contributed by atoms with van der Waals surface area (Å²) in [7, 11) is 0. The van der Waals surface area contributed by atoms with Crippen LogP contribution in [0.15, 0.2) is 18.2 Å². The predicted octanol–water partition coefficient (Wildman–Crippen LogP) is 2.65. The Kier molecular flexibility index (Phi) is 3.78. The van der Waals surface area contributed by atoms with Gasteiger partial charge in [-0.05, 0) is 32.8 Å². The molecule has 3 unspecified atom stereocenters. The first-order valence-electron chi connectivity index (χ1n) is 7.78. The molecular formula is C17H20FNO4. The molecule has 0 aromatic heterocycles. The van der Waals surface area contributed by atoms with Crippen LogP contribution in [0.25, 0.3) is 0 Å². The second kappa shape index (κ2) is 5.51. The summed E-state index contributed by atoms with van der Waals surface area (Å²) in [6.07, 6.45) is 1.67. The average Bonchev–Trinajstić information content (AvgIpc) is 2.34. The molecule has 3 atom stereocenters. The van der Waals surface area contributed by atoms with E-state index in [4.69, 9.17) is 9.84 Å². The minimum Gasteiger partial charge on any atom is -0.487 e. The smallest absolute Gasteiger partial charge is 0.307 e. The summed E-state index contributed by atoms with van der Waals surface area (Å²) >= 11 is 0. The molecule has 6 heteroatoms. The molecule has 124 valence electrons. The molecule has 1 aliphatic heterocycles. The Hall–Kier alpha value is -2.11. The van der Waals surface area contributed by atoms with Gasteiger partial charge in [-0.25, -0.2) is 4.39 Å². The van der Waals surface area contributed by atoms with Crippen LogP contribution in [0.2, 0.25) is 0 Å². The lowest BCUT2D eigenvalue weighted by atomic mass is 9.73. The highest BCUT2D eigenvalue weighted by atomic mass is 19.1. The SMILES string of the molecule is CC1(C)CC(NC(=O)C2CCC2C(=O)O)c2ccc(F)cc2O1. The minimum absolute atomic E-state index is 0.248. The number of carboxylic acids is 1. The number of nitrogens with one attached hydrogen (secondary N) is 1. The molecule has 1 aliphatic carbocycles. The molecule has 2 aliphatic rings. The van der Waals surface area contributed by atoms with E-state index in [1.165, 1.54) is 12.1 Å². The maximum Gasteiger partial charge on any atom is 0.307 e. The Morgan fingerprint density at radius 1 is 1.30 bits per heavy atom. The van der Waals surface area contributed by atoms with Crippen LogP contribution in [-0.2, 0) is 9.59 Å². The number of carbonyl (C=O) groups excluding carboxylic acids is 1. The number of halogens is 1. The van der Waals surface area contributed by atoms with E-state index in [2.05, 4.69) is 5.32 Å². The summed E-state index contributed by atoms with van der Waals surface area (Å²) in [5, 5.41) is 12.0. The molecule has 1 aromatic rings. The first-order valence-corrected chi connectivity index (χ1v) is 7.78. The van der Waals surface area contributed by atoms with Gasteiger partial charge in [0.2, 0.25) is 5.91 Å². The molecule has 5 nitrogen and oxygen atoms in total. The van der Waals surface area contributed by atoms with Gasteiger partial charge in [-0.2, -0.15) is 0 Å². The van der Waals surface area contributed by atoms with E-state index in [0.29, 0.717) is 25.0 Å². The Bertz CT molecular complexity index is 658. The van der Waals surface area contributed by atoms with E-state index < -0.39 is 29.2 Å². The lowest BCUT2D eigenvalue weighted by Gasteiger charge is -2.39. The predicted molar refractivity (Wildman–Crippen MR) is 80.5 cm³/mol. The van der Waals surface area contributed by atoms with E-state index in [-0.39, 0.29) is 11.9 Å². The Labute approximate surface area is 133 Å². The van der Waals surface area contributed by atoms with Gasteiger partial charge in [-0.15, -0.1) is 0 Å². The van der Waals surface area contributed by atoms with Gasteiger partial charge < -0.3 is 15.2 Å². The van der Waals surface area contributed by atoms with Crippen molar-refractivity contribution in [1.82, 2.24) is 5.32 Å². The van der Waals surface area contributed by atoms with E-state index in [0.717, 1.165) is 5.56 Å². The molecule has 1 saturated carbocycles. The van der Waals surface area contributed by atoms with Crippen LogP contribution in [0, 0.1) is 17.7 Å². The zero-order valence-electron chi connectivity index (χ0n) is 13.1. The van der Waals surface area contributed by atoms with Crippen molar-refractivity contribution in [1.29, 1.82) is 0 Å². The maximum absolute atomic E-state index is 13.4. The summed E-state index contributed by atoms with van der Waals surface area (Å²) in [4.78, 5) is 23.5. The van der Waals surface area contributed by atoms with E-state index >= 15 is 0 Å². The van der Waals surface area contributed by atoms with Crippen LogP contribution >= 0.6 is 0 Å². The molecule has 0 bridgehead atoms. The molecule has 1 aromatic carbocycles.